The second-order valence-corrected chi connectivity index (χ2v) is 5.88. The Morgan fingerprint density at radius 2 is 1.81 bits per heavy atom. The molecular weight excluding hydrogens is 290 g/mol. The normalized spacial score (nSPS) is 13.8. The van der Waals surface area contributed by atoms with Crippen LogP contribution in [0.25, 0.3) is 0 Å². The van der Waals surface area contributed by atoms with Crippen LogP contribution in [0.1, 0.15) is 10.4 Å². The quantitative estimate of drug-likeness (QED) is 0.945. The maximum atomic E-state index is 12.1. The first-order valence-electron chi connectivity index (χ1n) is 6.28. The molecule has 1 heterocycles. The SMILES string of the molecule is C[S@](=O)c1ccc(C(=O)Nc2ccc3c(c2)OCO3)cc1. The summed E-state index contributed by atoms with van der Waals surface area (Å²) in [6.45, 7) is 0.197. The van der Waals surface area contributed by atoms with E-state index in [2.05, 4.69) is 5.32 Å². The van der Waals surface area contributed by atoms with E-state index < -0.39 is 10.8 Å². The summed E-state index contributed by atoms with van der Waals surface area (Å²) in [5.74, 6) is 1.05. The first-order chi connectivity index (χ1) is 10.1. The van der Waals surface area contributed by atoms with Gasteiger partial charge in [0.05, 0.1) is 0 Å². The lowest BCUT2D eigenvalue weighted by Crippen LogP contribution is -2.11. The van der Waals surface area contributed by atoms with E-state index in [1.54, 1.807) is 48.7 Å². The third-order valence-corrected chi connectivity index (χ3v) is 4.01. The van der Waals surface area contributed by atoms with Crippen LogP contribution < -0.4 is 14.8 Å². The Bertz CT molecular complexity index is 712. The lowest BCUT2D eigenvalue weighted by molar-refractivity contribution is 0.102. The third kappa shape index (κ3) is 2.90. The molecule has 1 aliphatic heterocycles. The van der Waals surface area contributed by atoms with Crippen molar-refractivity contribution in [2.24, 2.45) is 0 Å². The zero-order chi connectivity index (χ0) is 14.8. The van der Waals surface area contributed by atoms with Gasteiger partial charge in [0, 0.05) is 39.3 Å². The second-order valence-electron chi connectivity index (χ2n) is 4.50. The van der Waals surface area contributed by atoms with Crippen molar-refractivity contribution in [2.45, 2.75) is 4.90 Å². The lowest BCUT2D eigenvalue weighted by atomic mass is 10.2. The molecule has 0 fully saturated rings. The van der Waals surface area contributed by atoms with Gasteiger partial charge in [-0.15, -0.1) is 0 Å². The molecule has 0 unspecified atom stereocenters. The summed E-state index contributed by atoms with van der Waals surface area (Å²) < 4.78 is 21.8. The van der Waals surface area contributed by atoms with Crippen molar-refractivity contribution in [3.8, 4) is 11.5 Å². The molecule has 6 heteroatoms. The van der Waals surface area contributed by atoms with E-state index in [0.29, 0.717) is 27.6 Å². The highest BCUT2D eigenvalue weighted by atomic mass is 32.2. The number of hydrogen-bond donors (Lipinski definition) is 1. The molecule has 0 saturated carbocycles. The van der Waals surface area contributed by atoms with Crippen LogP contribution in [-0.4, -0.2) is 23.2 Å². The summed E-state index contributed by atoms with van der Waals surface area (Å²) in [5.41, 5.74) is 1.13. The van der Waals surface area contributed by atoms with E-state index in [4.69, 9.17) is 9.47 Å². The molecule has 0 aliphatic carbocycles. The fourth-order valence-corrected chi connectivity index (χ4v) is 2.49. The minimum Gasteiger partial charge on any atom is -0.454 e. The highest BCUT2D eigenvalue weighted by Gasteiger charge is 2.14. The van der Waals surface area contributed by atoms with Crippen molar-refractivity contribution >= 4 is 22.4 Å². The van der Waals surface area contributed by atoms with Crippen LogP contribution >= 0.6 is 0 Å². The van der Waals surface area contributed by atoms with Gasteiger partial charge in [0.25, 0.3) is 5.91 Å². The van der Waals surface area contributed by atoms with Crippen molar-refractivity contribution < 1.29 is 18.5 Å². The number of nitrogens with one attached hydrogen (secondary N) is 1. The Labute approximate surface area is 124 Å². The van der Waals surface area contributed by atoms with Gasteiger partial charge in [-0.05, 0) is 36.4 Å². The molecular formula is C15H13NO4S. The maximum absolute atomic E-state index is 12.1. The zero-order valence-electron chi connectivity index (χ0n) is 11.3. The van der Waals surface area contributed by atoms with Gasteiger partial charge in [0.2, 0.25) is 6.79 Å². The Kier molecular flexibility index (Phi) is 3.62. The summed E-state index contributed by atoms with van der Waals surface area (Å²) in [6, 6.07) is 11.9. The number of carbonyl (C=O) groups is 1. The molecule has 0 bridgehead atoms. The molecule has 0 spiro atoms. The Morgan fingerprint density at radius 1 is 1.10 bits per heavy atom. The Balaban J connectivity index is 1.75. The number of anilines is 1. The van der Waals surface area contributed by atoms with Gasteiger partial charge in [0.1, 0.15) is 0 Å². The topological polar surface area (TPSA) is 64.6 Å². The Morgan fingerprint density at radius 3 is 2.52 bits per heavy atom. The first-order valence-corrected chi connectivity index (χ1v) is 7.84. The molecule has 1 amide bonds. The molecule has 3 rings (SSSR count). The van der Waals surface area contributed by atoms with Crippen molar-refractivity contribution in [1.29, 1.82) is 0 Å². The average molecular weight is 303 g/mol. The highest BCUT2D eigenvalue weighted by molar-refractivity contribution is 7.84. The van der Waals surface area contributed by atoms with Gasteiger partial charge >= 0.3 is 0 Å². The van der Waals surface area contributed by atoms with E-state index in [9.17, 15) is 9.00 Å². The number of benzene rings is 2. The molecule has 21 heavy (non-hydrogen) atoms. The predicted octanol–water partition coefficient (Wildman–Crippen LogP) is 2.41. The third-order valence-electron chi connectivity index (χ3n) is 3.08. The maximum Gasteiger partial charge on any atom is 0.255 e. The molecule has 1 aliphatic rings. The molecule has 0 saturated heterocycles. The van der Waals surface area contributed by atoms with E-state index >= 15 is 0 Å². The van der Waals surface area contributed by atoms with Crippen LogP contribution in [0, 0.1) is 0 Å². The van der Waals surface area contributed by atoms with Crippen molar-refractivity contribution in [3.63, 3.8) is 0 Å². The van der Waals surface area contributed by atoms with Crippen LogP contribution in [0.15, 0.2) is 47.4 Å². The molecule has 2 aromatic rings. The Hall–Kier alpha value is -2.34. The van der Waals surface area contributed by atoms with Crippen molar-refractivity contribution in [2.75, 3.05) is 18.4 Å². The van der Waals surface area contributed by atoms with Gasteiger partial charge in [-0.1, -0.05) is 0 Å². The summed E-state index contributed by atoms with van der Waals surface area (Å²) in [4.78, 5) is 12.8. The smallest absolute Gasteiger partial charge is 0.255 e. The van der Waals surface area contributed by atoms with Crippen LogP contribution in [-0.2, 0) is 10.8 Å². The van der Waals surface area contributed by atoms with E-state index in [0.717, 1.165) is 0 Å². The van der Waals surface area contributed by atoms with Crippen molar-refractivity contribution in [1.82, 2.24) is 0 Å². The van der Waals surface area contributed by atoms with Crippen molar-refractivity contribution in [3.05, 3.63) is 48.0 Å². The van der Waals surface area contributed by atoms with Crippen LogP contribution in [0.2, 0.25) is 0 Å². The highest BCUT2D eigenvalue weighted by Crippen LogP contribution is 2.34. The summed E-state index contributed by atoms with van der Waals surface area (Å²) in [6.07, 6.45) is 1.60. The average Bonchev–Trinajstić information content (AvgIpc) is 2.95. The minimum absolute atomic E-state index is 0.197. The molecule has 1 atom stereocenters. The molecule has 2 aromatic carbocycles. The van der Waals surface area contributed by atoms with E-state index in [1.807, 2.05) is 0 Å². The predicted molar refractivity (Wildman–Crippen MR) is 79.3 cm³/mol. The minimum atomic E-state index is -1.05. The summed E-state index contributed by atoms with van der Waals surface area (Å²) >= 11 is 0. The molecule has 1 N–H and O–H groups in total. The monoisotopic (exact) mass is 303 g/mol. The van der Waals surface area contributed by atoms with Gasteiger partial charge < -0.3 is 14.8 Å². The summed E-state index contributed by atoms with van der Waals surface area (Å²) in [5, 5.41) is 2.79. The molecule has 0 radical (unpaired) electrons. The van der Waals surface area contributed by atoms with Crippen LogP contribution in [0.4, 0.5) is 5.69 Å². The fraction of sp³-hybridized carbons (Fsp3) is 0.133. The number of rotatable bonds is 3. The van der Waals surface area contributed by atoms with Gasteiger partial charge in [-0.3, -0.25) is 9.00 Å². The second kappa shape index (κ2) is 5.57. The molecule has 0 aromatic heterocycles. The lowest BCUT2D eigenvalue weighted by Gasteiger charge is -2.06. The number of amides is 1. The van der Waals surface area contributed by atoms with Crippen LogP contribution in [0.3, 0.4) is 0 Å². The van der Waals surface area contributed by atoms with Gasteiger partial charge in [-0.2, -0.15) is 0 Å². The van der Waals surface area contributed by atoms with E-state index in [-0.39, 0.29) is 12.7 Å². The first kappa shape index (κ1) is 13.6. The number of hydrogen-bond acceptors (Lipinski definition) is 4. The number of carbonyl (C=O) groups excluding carboxylic acids is 1. The van der Waals surface area contributed by atoms with Crippen LogP contribution in [0.5, 0.6) is 11.5 Å². The molecule has 5 nitrogen and oxygen atoms in total. The largest absolute Gasteiger partial charge is 0.454 e. The summed E-state index contributed by atoms with van der Waals surface area (Å²) in [7, 11) is -1.05. The zero-order valence-corrected chi connectivity index (χ0v) is 12.1. The standard InChI is InChI=1S/C15H13NO4S/c1-21(18)12-5-2-10(3-6-12)15(17)16-11-4-7-13-14(8-11)20-9-19-13/h2-8H,9H2,1H3,(H,16,17)/t21-/m0/s1. The number of ether oxygens (including phenoxy) is 2. The van der Waals surface area contributed by atoms with Gasteiger partial charge in [-0.25, -0.2) is 0 Å². The molecule has 108 valence electrons. The number of fused-ring (bicyclic) bond motifs is 1. The fourth-order valence-electron chi connectivity index (χ4n) is 1.98. The van der Waals surface area contributed by atoms with E-state index in [1.165, 1.54) is 0 Å². The van der Waals surface area contributed by atoms with Gasteiger partial charge in [0.15, 0.2) is 11.5 Å².